The Balaban J connectivity index is 1.87. The maximum atomic E-state index is 11.5. The highest BCUT2D eigenvalue weighted by Gasteiger charge is 2.08. The quantitative estimate of drug-likeness (QED) is 0.939. The number of hydrogen-bond acceptors (Lipinski definition) is 3. The van der Waals surface area contributed by atoms with E-state index in [0.29, 0.717) is 23.0 Å². The van der Waals surface area contributed by atoms with Crippen LogP contribution in [0.2, 0.25) is 10.0 Å². The van der Waals surface area contributed by atoms with Gasteiger partial charge in [-0.1, -0.05) is 29.3 Å². The van der Waals surface area contributed by atoms with E-state index in [4.69, 9.17) is 27.6 Å². The summed E-state index contributed by atoms with van der Waals surface area (Å²) in [7, 11) is 0. The number of rotatable bonds is 4. The summed E-state index contributed by atoms with van der Waals surface area (Å²) in [6.45, 7) is 0.465. The Bertz CT molecular complexity index is 541. The van der Waals surface area contributed by atoms with Gasteiger partial charge in [0.05, 0.1) is 0 Å². The van der Waals surface area contributed by atoms with Crippen molar-refractivity contribution in [3.05, 3.63) is 52.2 Å². The summed E-state index contributed by atoms with van der Waals surface area (Å²) in [4.78, 5) is 15.3. The summed E-state index contributed by atoms with van der Waals surface area (Å²) in [6, 6.07) is 5.28. The van der Waals surface area contributed by atoms with E-state index in [2.05, 4.69) is 10.3 Å². The van der Waals surface area contributed by atoms with Crippen LogP contribution in [0.25, 0.3) is 0 Å². The first kappa shape index (κ1) is 12.9. The summed E-state index contributed by atoms with van der Waals surface area (Å²) >= 11 is 11.8. The molecule has 0 aliphatic carbocycles. The Morgan fingerprint density at radius 2 is 2.22 bits per heavy atom. The summed E-state index contributed by atoms with van der Waals surface area (Å²) in [5.74, 6) is -0.270. The van der Waals surface area contributed by atoms with Crippen molar-refractivity contribution in [3.8, 4) is 0 Å². The Morgan fingerprint density at radius 3 is 2.89 bits per heavy atom. The van der Waals surface area contributed by atoms with Gasteiger partial charge in [-0.15, -0.1) is 0 Å². The van der Waals surface area contributed by atoms with E-state index in [1.165, 1.54) is 12.7 Å². The molecular weight excluding hydrogens is 275 g/mol. The summed E-state index contributed by atoms with van der Waals surface area (Å²) in [5, 5.41) is 3.91. The maximum absolute atomic E-state index is 11.5. The van der Waals surface area contributed by atoms with Gasteiger partial charge in [0, 0.05) is 16.6 Å². The normalized spacial score (nSPS) is 10.3. The highest BCUT2D eigenvalue weighted by atomic mass is 35.5. The van der Waals surface area contributed by atoms with Crippen LogP contribution in [-0.4, -0.2) is 17.4 Å². The Labute approximate surface area is 114 Å². The van der Waals surface area contributed by atoms with E-state index in [0.717, 1.165) is 5.56 Å². The fourth-order valence-corrected chi connectivity index (χ4v) is 1.95. The van der Waals surface area contributed by atoms with Gasteiger partial charge in [-0.3, -0.25) is 4.79 Å². The molecule has 0 spiro atoms. The van der Waals surface area contributed by atoms with Gasteiger partial charge in [0.15, 0.2) is 12.1 Å². The molecule has 1 heterocycles. The van der Waals surface area contributed by atoms with Gasteiger partial charge >= 0.3 is 0 Å². The van der Waals surface area contributed by atoms with Crippen molar-refractivity contribution in [1.82, 2.24) is 10.3 Å². The van der Waals surface area contributed by atoms with Crippen molar-refractivity contribution in [3.63, 3.8) is 0 Å². The van der Waals surface area contributed by atoms with Gasteiger partial charge in [-0.05, 0) is 24.1 Å². The molecule has 18 heavy (non-hydrogen) atoms. The Kier molecular flexibility index (Phi) is 4.23. The molecule has 0 bridgehead atoms. The van der Waals surface area contributed by atoms with Gasteiger partial charge in [-0.2, -0.15) is 0 Å². The molecule has 94 valence electrons. The third kappa shape index (κ3) is 3.24. The molecule has 2 rings (SSSR count). The number of benzene rings is 1. The number of halogens is 2. The fourth-order valence-electron chi connectivity index (χ4n) is 1.45. The van der Waals surface area contributed by atoms with Crippen LogP contribution in [0, 0.1) is 0 Å². The van der Waals surface area contributed by atoms with Gasteiger partial charge < -0.3 is 9.73 Å². The monoisotopic (exact) mass is 284 g/mol. The first-order chi connectivity index (χ1) is 8.66. The molecular formula is C12H10Cl2N2O2. The highest BCUT2D eigenvalue weighted by molar-refractivity contribution is 6.35. The molecule has 1 aromatic heterocycles. The lowest BCUT2D eigenvalue weighted by Gasteiger charge is -2.05. The summed E-state index contributed by atoms with van der Waals surface area (Å²) < 4.78 is 4.72. The first-order valence-electron chi connectivity index (χ1n) is 5.27. The van der Waals surface area contributed by atoms with E-state index in [1.54, 1.807) is 12.1 Å². The minimum atomic E-state index is -0.270. The van der Waals surface area contributed by atoms with Crippen molar-refractivity contribution >= 4 is 29.1 Å². The molecule has 1 aromatic carbocycles. The van der Waals surface area contributed by atoms with E-state index in [1.807, 2.05) is 6.07 Å². The molecule has 0 aliphatic heterocycles. The van der Waals surface area contributed by atoms with E-state index < -0.39 is 0 Å². The molecule has 0 saturated heterocycles. The molecule has 1 amide bonds. The molecule has 0 fully saturated rings. The van der Waals surface area contributed by atoms with E-state index in [9.17, 15) is 4.79 Å². The first-order valence-corrected chi connectivity index (χ1v) is 6.03. The van der Waals surface area contributed by atoms with E-state index >= 15 is 0 Å². The number of carbonyl (C=O) groups is 1. The Hall–Kier alpha value is -1.52. The second kappa shape index (κ2) is 5.89. The van der Waals surface area contributed by atoms with Gasteiger partial charge in [0.25, 0.3) is 5.91 Å². The average Bonchev–Trinajstić information content (AvgIpc) is 2.85. The van der Waals surface area contributed by atoms with Crippen LogP contribution in [0.1, 0.15) is 16.1 Å². The van der Waals surface area contributed by atoms with Crippen LogP contribution < -0.4 is 5.32 Å². The van der Waals surface area contributed by atoms with Gasteiger partial charge in [0.2, 0.25) is 0 Å². The summed E-state index contributed by atoms with van der Waals surface area (Å²) in [6.07, 6.45) is 3.13. The predicted octanol–water partition coefficient (Wildman–Crippen LogP) is 2.95. The van der Waals surface area contributed by atoms with Gasteiger partial charge in [0.1, 0.15) is 6.26 Å². The maximum Gasteiger partial charge on any atom is 0.273 e. The molecule has 6 heteroatoms. The second-order valence-electron chi connectivity index (χ2n) is 3.62. The number of amides is 1. The van der Waals surface area contributed by atoms with Crippen molar-refractivity contribution in [2.45, 2.75) is 6.42 Å². The number of hydrogen-bond donors (Lipinski definition) is 1. The van der Waals surface area contributed by atoms with Crippen LogP contribution in [0.5, 0.6) is 0 Å². The second-order valence-corrected chi connectivity index (χ2v) is 4.46. The molecule has 0 atom stereocenters. The van der Waals surface area contributed by atoms with Crippen LogP contribution in [0.4, 0.5) is 0 Å². The number of nitrogens with zero attached hydrogens (tertiary/aromatic N) is 1. The number of aromatic nitrogens is 1. The molecule has 0 aliphatic rings. The summed E-state index contributed by atoms with van der Waals surface area (Å²) in [5.41, 5.74) is 1.19. The molecule has 1 N–H and O–H groups in total. The largest absolute Gasteiger partial charge is 0.451 e. The zero-order valence-electron chi connectivity index (χ0n) is 9.32. The third-order valence-electron chi connectivity index (χ3n) is 2.36. The number of carbonyl (C=O) groups excluding carboxylic acids is 1. The number of oxazole rings is 1. The lowest BCUT2D eigenvalue weighted by molar-refractivity contribution is 0.0949. The van der Waals surface area contributed by atoms with Crippen LogP contribution >= 0.6 is 23.2 Å². The Morgan fingerprint density at radius 1 is 1.39 bits per heavy atom. The lowest BCUT2D eigenvalue weighted by atomic mass is 10.1. The zero-order chi connectivity index (χ0) is 13.0. The third-order valence-corrected chi connectivity index (χ3v) is 2.95. The minimum Gasteiger partial charge on any atom is -0.451 e. The van der Waals surface area contributed by atoms with Crippen LogP contribution in [0.3, 0.4) is 0 Å². The molecule has 0 saturated carbocycles. The standard InChI is InChI=1S/C12H10Cl2N2O2/c13-9-2-1-8(10(14)5-9)3-4-15-12(17)11-6-18-7-16-11/h1-2,5-7H,3-4H2,(H,15,17). The zero-order valence-corrected chi connectivity index (χ0v) is 10.8. The van der Waals surface area contributed by atoms with Crippen molar-refractivity contribution in [2.24, 2.45) is 0 Å². The predicted molar refractivity (Wildman–Crippen MR) is 69.0 cm³/mol. The minimum absolute atomic E-state index is 0.261. The van der Waals surface area contributed by atoms with Crippen molar-refractivity contribution < 1.29 is 9.21 Å². The van der Waals surface area contributed by atoms with Crippen molar-refractivity contribution in [1.29, 1.82) is 0 Å². The average molecular weight is 285 g/mol. The van der Waals surface area contributed by atoms with Gasteiger partial charge in [-0.25, -0.2) is 4.98 Å². The fraction of sp³-hybridized carbons (Fsp3) is 0.167. The molecule has 4 nitrogen and oxygen atoms in total. The molecule has 0 unspecified atom stereocenters. The highest BCUT2D eigenvalue weighted by Crippen LogP contribution is 2.21. The smallest absolute Gasteiger partial charge is 0.273 e. The molecule has 2 aromatic rings. The topological polar surface area (TPSA) is 55.1 Å². The van der Waals surface area contributed by atoms with Crippen LogP contribution in [0.15, 0.2) is 35.3 Å². The van der Waals surface area contributed by atoms with E-state index in [-0.39, 0.29) is 11.6 Å². The SMILES string of the molecule is O=C(NCCc1ccc(Cl)cc1Cl)c1cocn1. The lowest BCUT2D eigenvalue weighted by Crippen LogP contribution is -2.25. The van der Waals surface area contributed by atoms with Crippen LogP contribution in [-0.2, 0) is 6.42 Å². The number of nitrogens with one attached hydrogen (secondary N) is 1. The van der Waals surface area contributed by atoms with Crippen molar-refractivity contribution in [2.75, 3.05) is 6.54 Å². The molecule has 0 radical (unpaired) electrons.